The third kappa shape index (κ3) is 2.44. The lowest BCUT2D eigenvalue weighted by molar-refractivity contribution is 0.231. The minimum absolute atomic E-state index is 0.0843. The molecule has 3 rings (SSSR count). The van der Waals surface area contributed by atoms with Gasteiger partial charge in [0.15, 0.2) is 11.6 Å². The maximum atomic E-state index is 14.1. The number of nitrogen functional groups attached to an aromatic ring is 1. The van der Waals surface area contributed by atoms with Gasteiger partial charge in [0.05, 0.1) is 29.6 Å². The van der Waals surface area contributed by atoms with Crippen LogP contribution in [0.1, 0.15) is 30.7 Å². The second kappa shape index (κ2) is 5.12. The molecular formula is C15H15FN4O. The Morgan fingerprint density at radius 3 is 2.81 bits per heavy atom. The van der Waals surface area contributed by atoms with Gasteiger partial charge in [-0.15, -0.1) is 0 Å². The first-order valence-corrected chi connectivity index (χ1v) is 6.67. The first kappa shape index (κ1) is 13.5. The van der Waals surface area contributed by atoms with Gasteiger partial charge in [-0.1, -0.05) is 0 Å². The van der Waals surface area contributed by atoms with E-state index in [0.29, 0.717) is 29.2 Å². The van der Waals surface area contributed by atoms with Gasteiger partial charge in [0, 0.05) is 5.56 Å². The number of nitrogens with two attached hydrogens (primary N) is 1. The van der Waals surface area contributed by atoms with Crippen LogP contribution in [0.3, 0.4) is 0 Å². The molecule has 0 amide bonds. The Balaban J connectivity index is 1.99. The monoisotopic (exact) mass is 286 g/mol. The van der Waals surface area contributed by atoms with E-state index in [2.05, 4.69) is 15.0 Å². The van der Waals surface area contributed by atoms with Crippen molar-refractivity contribution in [1.82, 2.24) is 9.97 Å². The molecule has 2 heterocycles. The van der Waals surface area contributed by atoms with Crippen LogP contribution in [0.2, 0.25) is 0 Å². The third-order valence-corrected chi connectivity index (χ3v) is 3.15. The van der Waals surface area contributed by atoms with Crippen molar-refractivity contribution in [3.63, 3.8) is 0 Å². The van der Waals surface area contributed by atoms with E-state index in [9.17, 15) is 4.39 Å². The summed E-state index contributed by atoms with van der Waals surface area (Å²) in [5.74, 6) is 0.164. The number of ether oxygens (including phenoxy) is 1. The van der Waals surface area contributed by atoms with E-state index in [0.717, 1.165) is 5.69 Å². The number of rotatable bonds is 3. The van der Waals surface area contributed by atoms with Gasteiger partial charge in [0.2, 0.25) is 0 Å². The van der Waals surface area contributed by atoms with Crippen molar-refractivity contribution in [1.29, 1.82) is 0 Å². The Hall–Kier alpha value is -2.50. The predicted molar refractivity (Wildman–Crippen MR) is 78.0 cm³/mol. The van der Waals surface area contributed by atoms with Crippen molar-refractivity contribution in [3.8, 4) is 5.75 Å². The zero-order valence-corrected chi connectivity index (χ0v) is 11.8. The Labute approximate surface area is 121 Å². The van der Waals surface area contributed by atoms with Crippen LogP contribution in [0.4, 0.5) is 10.2 Å². The molecule has 1 aliphatic rings. The fourth-order valence-electron chi connectivity index (χ4n) is 2.28. The molecule has 108 valence electrons. The predicted octanol–water partition coefficient (Wildman–Crippen LogP) is 2.34. The van der Waals surface area contributed by atoms with Crippen LogP contribution in [0.25, 0.3) is 0 Å². The van der Waals surface area contributed by atoms with Crippen LogP contribution in [0.5, 0.6) is 5.75 Å². The Kier molecular flexibility index (Phi) is 3.29. The van der Waals surface area contributed by atoms with Gasteiger partial charge < -0.3 is 10.5 Å². The highest BCUT2D eigenvalue weighted by Gasteiger charge is 2.23. The van der Waals surface area contributed by atoms with Crippen LogP contribution >= 0.6 is 0 Å². The van der Waals surface area contributed by atoms with E-state index in [1.807, 2.05) is 13.8 Å². The van der Waals surface area contributed by atoms with E-state index in [1.54, 1.807) is 12.1 Å². The fourth-order valence-corrected chi connectivity index (χ4v) is 2.28. The highest BCUT2D eigenvalue weighted by atomic mass is 19.1. The van der Waals surface area contributed by atoms with Crippen molar-refractivity contribution < 1.29 is 9.13 Å². The Morgan fingerprint density at radius 1 is 1.29 bits per heavy atom. The highest BCUT2D eigenvalue weighted by Crippen LogP contribution is 2.27. The first-order valence-electron chi connectivity index (χ1n) is 6.67. The van der Waals surface area contributed by atoms with Gasteiger partial charge in [-0.2, -0.15) is 0 Å². The lowest BCUT2D eigenvalue weighted by atomic mass is 10.0. The van der Waals surface area contributed by atoms with Crippen LogP contribution in [-0.4, -0.2) is 21.8 Å². The molecule has 0 unspecified atom stereocenters. The summed E-state index contributed by atoms with van der Waals surface area (Å²) >= 11 is 0. The standard InChI is InChI=1S/C15H15FN4O/c1-8(2)21-12-4-3-9(5-10(12)16)14-13-11(6-18-14)19-7-20-15(13)17/h3-5,7-8H,6H2,1-2H3,(H2,17,19,20). The number of hydrogen-bond donors (Lipinski definition) is 1. The summed E-state index contributed by atoms with van der Waals surface area (Å²) in [7, 11) is 0. The molecule has 21 heavy (non-hydrogen) atoms. The summed E-state index contributed by atoms with van der Waals surface area (Å²) in [6.07, 6.45) is 1.33. The van der Waals surface area contributed by atoms with Gasteiger partial charge in [0.1, 0.15) is 12.1 Å². The van der Waals surface area contributed by atoms with Gasteiger partial charge in [-0.25, -0.2) is 14.4 Å². The van der Waals surface area contributed by atoms with Gasteiger partial charge >= 0.3 is 0 Å². The van der Waals surface area contributed by atoms with Gasteiger partial charge in [-0.05, 0) is 32.0 Å². The number of anilines is 1. The van der Waals surface area contributed by atoms with Crippen LogP contribution < -0.4 is 10.5 Å². The Bertz CT molecular complexity index is 728. The molecule has 6 heteroatoms. The van der Waals surface area contributed by atoms with E-state index in [-0.39, 0.29) is 11.9 Å². The summed E-state index contributed by atoms with van der Waals surface area (Å²) in [4.78, 5) is 12.5. The van der Waals surface area contributed by atoms with Gasteiger partial charge in [-0.3, -0.25) is 4.99 Å². The maximum absolute atomic E-state index is 14.1. The van der Waals surface area contributed by atoms with Crippen LogP contribution in [0.15, 0.2) is 29.5 Å². The highest BCUT2D eigenvalue weighted by molar-refractivity contribution is 6.17. The van der Waals surface area contributed by atoms with E-state index < -0.39 is 5.82 Å². The average Bonchev–Trinajstić information content (AvgIpc) is 2.86. The molecule has 2 aromatic rings. The largest absolute Gasteiger partial charge is 0.488 e. The molecule has 0 saturated heterocycles. The van der Waals surface area contributed by atoms with Crippen LogP contribution in [0, 0.1) is 5.82 Å². The second-order valence-corrected chi connectivity index (χ2v) is 5.06. The fraction of sp³-hybridized carbons (Fsp3) is 0.267. The average molecular weight is 286 g/mol. The Morgan fingerprint density at radius 2 is 2.10 bits per heavy atom. The first-order chi connectivity index (χ1) is 10.1. The summed E-state index contributed by atoms with van der Waals surface area (Å²) in [5.41, 5.74) is 8.60. The lowest BCUT2D eigenvalue weighted by Crippen LogP contribution is -2.10. The summed E-state index contributed by atoms with van der Waals surface area (Å²) in [6.45, 7) is 4.13. The van der Waals surface area contributed by atoms with Crippen molar-refractivity contribution in [2.45, 2.75) is 26.5 Å². The minimum atomic E-state index is -0.423. The van der Waals surface area contributed by atoms with E-state index in [4.69, 9.17) is 10.5 Å². The molecule has 0 aliphatic carbocycles. The maximum Gasteiger partial charge on any atom is 0.165 e. The normalized spacial score (nSPS) is 13.2. The number of aliphatic imine (C=N–C) groups is 1. The van der Waals surface area contributed by atoms with Crippen molar-refractivity contribution in [3.05, 3.63) is 47.2 Å². The second-order valence-electron chi connectivity index (χ2n) is 5.06. The van der Waals surface area contributed by atoms with E-state index >= 15 is 0 Å². The quantitative estimate of drug-likeness (QED) is 0.939. The zero-order chi connectivity index (χ0) is 15.0. The molecule has 2 N–H and O–H groups in total. The molecular weight excluding hydrogens is 271 g/mol. The molecule has 0 fully saturated rings. The van der Waals surface area contributed by atoms with Crippen molar-refractivity contribution in [2.24, 2.45) is 4.99 Å². The summed E-state index contributed by atoms with van der Waals surface area (Å²) < 4.78 is 19.5. The number of nitrogens with zero attached hydrogens (tertiary/aromatic N) is 3. The van der Waals surface area contributed by atoms with Crippen molar-refractivity contribution in [2.75, 3.05) is 5.73 Å². The third-order valence-electron chi connectivity index (χ3n) is 3.15. The molecule has 0 radical (unpaired) electrons. The number of fused-ring (bicyclic) bond motifs is 1. The molecule has 0 saturated carbocycles. The molecule has 5 nitrogen and oxygen atoms in total. The number of aromatic nitrogens is 2. The molecule has 0 spiro atoms. The zero-order valence-electron chi connectivity index (χ0n) is 11.8. The molecule has 1 aliphatic heterocycles. The topological polar surface area (TPSA) is 73.4 Å². The number of hydrogen-bond acceptors (Lipinski definition) is 5. The number of halogens is 1. The summed E-state index contributed by atoms with van der Waals surface area (Å²) in [5, 5.41) is 0. The molecule has 0 atom stereocenters. The van der Waals surface area contributed by atoms with E-state index in [1.165, 1.54) is 12.4 Å². The smallest absolute Gasteiger partial charge is 0.165 e. The number of benzene rings is 1. The molecule has 1 aromatic carbocycles. The molecule has 0 bridgehead atoms. The molecule has 1 aromatic heterocycles. The lowest BCUT2D eigenvalue weighted by Gasteiger charge is -2.12. The summed E-state index contributed by atoms with van der Waals surface area (Å²) in [6, 6.07) is 4.77. The van der Waals surface area contributed by atoms with Crippen molar-refractivity contribution >= 4 is 11.5 Å². The minimum Gasteiger partial charge on any atom is -0.488 e. The van der Waals surface area contributed by atoms with Crippen LogP contribution in [-0.2, 0) is 6.54 Å². The van der Waals surface area contributed by atoms with Gasteiger partial charge in [0.25, 0.3) is 0 Å². The SMILES string of the molecule is CC(C)Oc1ccc(C2=NCc3ncnc(N)c32)cc1F.